The van der Waals surface area contributed by atoms with Crippen molar-refractivity contribution in [3.63, 3.8) is 0 Å². The maximum absolute atomic E-state index is 11.8. The number of carbonyl (C=O) groups excluding carboxylic acids is 1. The molecule has 4 heteroatoms. The normalized spacial score (nSPS) is 18.4. The van der Waals surface area contributed by atoms with Crippen molar-refractivity contribution in [2.75, 3.05) is 11.9 Å². The maximum Gasteiger partial charge on any atom is 0.246 e. The van der Waals surface area contributed by atoms with Crippen molar-refractivity contribution in [1.29, 1.82) is 0 Å². The van der Waals surface area contributed by atoms with Crippen LogP contribution in [0.15, 0.2) is 12.1 Å². The molecule has 2 rings (SSSR count). The number of anilines is 1. The predicted molar refractivity (Wildman–Crippen MR) is 65.9 cm³/mol. The predicted octanol–water partition coefficient (Wildman–Crippen LogP) is 2.64. The van der Waals surface area contributed by atoms with E-state index in [2.05, 4.69) is 17.6 Å². The molecule has 1 aliphatic rings. The number of nitrogens with one attached hydrogen (secondary N) is 2. The van der Waals surface area contributed by atoms with Gasteiger partial charge in [0, 0.05) is 16.3 Å². The van der Waals surface area contributed by atoms with Gasteiger partial charge in [0.2, 0.25) is 5.91 Å². The zero-order valence-electron chi connectivity index (χ0n) is 9.43. The lowest BCUT2D eigenvalue weighted by Gasteiger charge is -2.10. The van der Waals surface area contributed by atoms with Gasteiger partial charge in [-0.25, -0.2) is 0 Å². The van der Waals surface area contributed by atoms with Crippen LogP contribution in [-0.2, 0) is 4.79 Å². The van der Waals surface area contributed by atoms with E-state index in [4.69, 9.17) is 11.6 Å². The van der Waals surface area contributed by atoms with Gasteiger partial charge < -0.3 is 10.6 Å². The molecule has 1 unspecified atom stereocenters. The van der Waals surface area contributed by atoms with Gasteiger partial charge in [-0.15, -0.1) is 0 Å². The Morgan fingerprint density at radius 2 is 2.25 bits per heavy atom. The summed E-state index contributed by atoms with van der Waals surface area (Å²) in [5, 5.41) is 6.79. The summed E-state index contributed by atoms with van der Waals surface area (Å²) in [6.45, 7) is 4.85. The molecule has 0 radical (unpaired) electrons. The smallest absolute Gasteiger partial charge is 0.246 e. The van der Waals surface area contributed by atoms with Crippen molar-refractivity contribution in [2.24, 2.45) is 0 Å². The standard InChI is InChI=1S/C12H15ClN2O/c1-3-4-14-11-9-6-8(13)5-7(2)10(9)15-12(11)16/h5-6,11,14H,3-4H2,1-2H3,(H,15,16). The van der Waals surface area contributed by atoms with Gasteiger partial charge in [-0.1, -0.05) is 18.5 Å². The molecule has 0 aromatic heterocycles. The first-order valence-electron chi connectivity index (χ1n) is 5.47. The molecular formula is C12H15ClN2O. The van der Waals surface area contributed by atoms with Crippen LogP contribution in [0.1, 0.15) is 30.5 Å². The molecule has 1 atom stereocenters. The molecule has 1 aromatic carbocycles. The fourth-order valence-corrected chi connectivity index (χ4v) is 2.28. The fraction of sp³-hybridized carbons (Fsp3) is 0.417. The van der Waals surface area contributed by atoms with E-state index in [1.54, 1.807) is 0 Å². The Morgan fingerprint density at radius 3 is 2.94 bits per heavy atom. The van der Waals surface area contributed by atoms with Crippen LogP contribution in [0.2, 0.25) is 5.02 Å². The van der Waals surface area contributed by atoms with Crippen LogP contribution in [-0.4, -0.2) is 12.5 Å². The molecule has 3 nitrogen and oxygen atoms in total. The van der Waals surface area contributed by atoms with Crippen LogP contribution in [0.25, 0.3) is 0 Å². The molecule has 1 aromatic rings. The van der Waals surface area contributed by atoms with Crippen molar-refractivity contribution in [3.8, 4) is 0 Å². The molecule has 0 saturated carbocycles. The highest BCUT2D eigenvalue weighted by Gasteiger charge is 2.31. The summed E-state index contributed by atoms with van der Waals surface area (Å²) in [4.78, 5) is 11.8. The quantitative estimate of drug-likeness (QED) is 0.850. The van der Waals surface area contributed by atoms with E-state index in [0.29, 0.717) is 5.02 Å². The topological polar surface area (TPSA) is 41.1 Å². The van der Waals surface area contributed by atoms with Gasteiger partial charge in [-0.2, -0.15) is 0 Å². The van der Waals surface area contributed by atoms with Gasteiger partial charge in [0.1, 0.15) is 6.04 Å². The molecule has 0 spiro atoms. The van der Waals surface area contributed by atoms with Crippen LogP contribution < -0.4 is 10.6 Å². The van der Waals surface area contributed by atoms with Gasteiger partial charge in [0.25, 0.3) is 0 Å². The Bertz CT molecular complexity index is 431. The Labute approximate surface area is 100 Å². The van der Waals surface area contributed by atoms with Gasteiger partial charge in [-0.05, 0) is 37.6 Å². The second-order valence-electron chi connectivity index (χ2n) is 4.06. The Morgan fingerprint density at radius 1 is 1.50 bits per heavy atom. The monoisotopic (exact) mass is 238 g/mol. The molecule has 2 N–H and O–H groups in total. The van der Waals surface area contributed by atoms with Gasteiger partial charge in [0.05, 0.1) is 0 Å². The van der Waals surface area contributed by atoms with E-state index >= 15 is 0 Å². The first-order chi connectivity index (χ1) is 7.63. The largest absolute Gasteiger partial charge is 0.324 e. The number of carbonyl (C=O) groups is 1. The zero-order valence-corrected chi connectivity index (χ0v) is 10.2. The molecule has 16 heavy (non-hydrogen) atoms. The molecular weight excluding hydrogens is 224 g/mol. The maximum atomic E-state index is 11.8. The van der Waals surface area contributed by atoms with E-state index in [1.807, 2.05) is 19.1 Å². The minimum absolute atomic E-state index is 0.00816. The number of hydrogen-bond acceptors (Lipinski definition) is 2. The molecule has 1 amide bonds. The van der Waals surface area contributed by atoms with Crippen molar-refractivity contribution in [3.05, 3.63) is 28.3 Å². The average molecular weight is 239 g/mol. The van der Waals surface area contributed by atoms with Crippen LogP contribution in [0.4, 0.5) is 5.69 Å². The molecule has 0 saturated heterocycles. The van der Waals surface area contributed by atoms with Crippen LogP contribution in [0.3, 0.4) is 0 Å². The second kappa shape index (κ2) is 4.44. The second-order valence-corrected chi connectivity index (χ2v) is 4.50. The third-order valence-electron chi connectivity index (χ3n) is 2.75. The highest BCUT2D eigenvalue weighted by molar-refractivity contribution is 6.31. The van der Waals surface area contributed by atoms with E-state index < -0.39 is 0 Å². The highest BCUT2D eigenvalue weighted by Crippen LogP contribution is 2.35. The molecule has 0 bridgehead atoms. The third kappa shape index (κ3) is 1.93. The highest BCUT2D eigenvalue weighted by atomic mass is 35.5. The number of benzene rings is 1. The van der Waals surface area contributed by atoms with Gasteiger partial charge in [0.15, 0.2) is 0 Å². The first kappa shape index (κ1) is 11.4. The average Bonchev–Trinajstić information content (AvgIpc) is 2.53. The number of aryl methyl sites for hydroxylation is 1. The number of halogens is 1. The zero-order chi connectivity index (χ0) is 11.7. The van der Waals surface area contributed by atoms with Crippen molar-refractivity contribution in [1.82, 2.24) is 5.32 Å². The summed E-state index contributed by atoms with van der Waals surface area (Å²) in [5.41, 5.74) is 2.88. The number of fused-ring (bicyclic) bond motifs is 1. The lowest BCUT2D eigenvalue weighted by molar-refractivity contribution is -0.117. The fourth-order valence-electron chi connectivity index (χ4n) is 2.00. The summed E-state index contributed by atoms with van der Waals surface area (Å²) in [7, 11) is 0. The van der Waals surface area contributed by atoms with Crippen molar-refractivity contribution >= 4 is 23.2 Å². The minimum Gasteiger partial charge on any atom is -0.324 e. The summed E-state index contributed by atoms with van der Waals surface area (Å²) in [5.74, 6) is 0.00816. The number of rotatable bonds is 3. The lowest BCUT2D eigenvalue weighted by Crippen LogP contribution is -2.27. The molecule has 1 aliphatic heterocycles. The summed E-state index contributed by atoms with van der Waals surface area (Å²) in [6, 6.07) is 3.46. The number of hydrogen-bond donors (Lipinski definition) is 2. The Balaban J connectivity index is 2.36. The van der Waals surface area contributed by atoms with E-state index in [9.17, 15) is 4.79 Å². The SMILES string of the molecule is CCCNC1C(=O)Nc2c(C)cc(Cl)cc21. The molecule has 0 aliphatic carbocycles. The van der Waals surface area contributed by atoms with E-state index in [0.717, 1.165) is 29.8 Å². The Kier molecular flexibility index (Phi) is 3.17. The molecule has 1 heterocycles. The minimum atomic E-state index is -0.257. The summed E-state index contributed by atoms with van der Waals surface area (Å²) in [6.07, 6.45) is 0.999. The van der Waals surface area contributed by atoms with Crippen LogP contribution in [0.5, 0.6) is 0 Å². The Hall–Kier alpha value is -1.06. The molecule has 86 valence electrons. The van der Waals surface area contributed by atoms with Crippen molar-refractivity contribution < 1.29 is 4.79 Å². The van der Waals surface area contributed by atoms with Gasteiger partial charge >= 0.3 is 0 Å². The lowest BCUT2D eigenvalue weighted by atomic mass is 10.1. The van der Waals surface area contributed by atoms with Gasteiger partial charge in [-0.3, -0.25) is 4.79 Å². The number of amides is 1. The third-order valence-corrected chi connectivity index (χ3v) is 2.97. The van der Waals surface area contributed by atoms with E-state index in [1.165, 1.54) is 0 Å². The van der Waals surface area contributed by atoms with E-state index in [-0.39, 0.29) is 11.9 Å². The molecule has 0 fully saturated rings. The van der Waals surface area contributed by atoms with Crippen molar-refractivity contribution in [2.45, 2.75) is 26.3 Å². The first-order valence-corrected chi connectivity index (χ1v) is 5.85. The van der Waals surface area contributed by atoms with Crippen LogP contribution >= 0.6 is 11.6 Å². The van der Waals surface area contributed by atoms with Crippen LogP contribution in [0, 0.1) is 6.92 Å². The summed E-state index contributed by atoms with van der Waals surface area (Å²) < 4.78 is 0. The summed E-state index contributed by atoms with van der Waals surface area (Å²) >= 11 is 6.01.